The summed E-state index contributed by atoms with van der Waals surface area (Å²) in [5, 5.41) is 0. The summed E-state index contributed by atoms with van der Waals surface area (Å²) in [7, 11) is 0. The number of rotatable bonds is 1. The van der Waals surface area contributed by atoms with Crippen LogP contribution in [0.5, 0.6) is 0 Å². The van der Waals surface area contributed by atoms with Crippen molar-refractivity contribution in [1.29, 1.82) is 0 Å². The van der Waals surface area contributed by atoms with Gasteiger partial charge in [0.25, 0.3) is 0 Å². The lowest BCUT2D eigenvalue weighted by atomic mass is 10.1. The van der Waals surface area contributed by atoms with E-state index in [4.69, 9.17) is 4.74 Å². The van der Waals surface area contributed by atoms with Gasteiger partial charge in [-0.05, 0) is 6.08 Å². The maximum absolute atomic E-state index is 5.39. The van der Waals surface area contributed by atoms with E-state index in [0.29, 0.717) is 11.8 Å². The third kappa shape index (κ3) is 1.47. The van der Waals surface area contributed by atoms with E-state index in [9.17, 15) is 0 Å². The summed E-state index contributed by atoms with van der Waals surface area (Å²) in [6, 6.07) is 0. The molecule has 0 amide bonds. The molecule has 0 spiro atoms. The summed E-state index contributed by atoms with van der Waals surface area (Å²) < 4.78 is 5.39. The maximum Gasteiger partial charge on any atom is 0.0949 e. The minimum absolute atomic E-state index is 0.565. The third-order valence-electron chi connectivity index (χ3n) is 1.53. The number of hydrogen-bond donors (Lipinski definition) is 0. The highest BCUT2D eigenvalue weighted by molar-refractivity contribution is 5.03. The van der Waals surface area contributed by atoms with Gasteiger partial charge in [0, 0.05) is 11.8 Å². The van der Waals surface area contributed by atoms with Crippen molar-refractivity contribution in [2.75, 3.05) is 6.61 Å². The second-order valence-corrected chi connectivity index (χ2v) is 3.01. The van der Waals surface area contributed by atoms with Crippen LogP contribution >= 0.6 is 0 Å². The summed E-state index contributed by atoms with van der Waals surface area (Å²) in [6.45, 7) is 7.37. The zero-order valence-corrected chi connectivity index (χ0v) is 6.35. The van der Waals surface area contributed by atoms with Crippen molar-refractivity contribution >= 4 is 0 Å². The Morgan fingerprint density at radius 2 is 2.33 bits per heavy atom. The molecule has 1 aliphatic heterocycles. The highest BCUT2D eigenvalue weighted by Gasteiger charge is 2.14. The smallest absolute Gasteiger partial charge is 0.0949 e. The van der Waals surface area contributed by atoms with Crippen molar-refractivity contribution in [2.24, 2.45) is 11.8 Å². The molecule has 52 valence electrons. The van der Waals surface area contributed by atoms with Crippen LogP contribution in [0.1, 0.15) is 20.8 Å². The Morgan fingerprint density at radius 1 is 1.67 bits per heavy atom. The molecule has 1 heterocycles. The molecule has 0 aromatic carbocycles. The highest BCUT2D eigenvalue weighted by Crippen LogP contribution is 2.21. The van der Waals surface area contributed by atoms with Crippen LogP contribution in [0, 0.1) is 11.8 Å². The summed E-state index contributed by atoms with van der Waals surface area (Å²) in [4.78, 5) is 0. The second kappa shape index (κ2) is 2.42. The van der Waals surface area contributed by atoms with Gasteiger partial charge < -0.3 is 4.74 Å². The molecular weight excluding hydrogens is 112 g/mol. The summed E-state index contributed by atoms with van der Waals surface area (Å²) in [5.74, 6) is 2.36. The van der Waals surface area contributed by atoms with Crippen LogP contribution in [0.3, 0.4) is 0 Å². The van der Waals surface area contributed by atoms with Crippen molar-refractivity contribution in [3.8, 4) is 0 Å². The molecule has 0 aliphatic carbocycles. The molecule has 1 nitrogen and oxygen atoms in total. The lowest BCUT2D eigenvalue weighted by Gasteiger charge is -2.05. The van der Waals surface area contributed by atoms with Gasteiger partial charge in [-0.3, -0.25) is 0 Å². The van der Waals surface area contributed by atoms with Crippen LogP contribution in [0.25, 0.3) is 0 Å². The van der Waals surface area contributed by atoms with Crippen LogP contribution in [0.4, 0.5) is 0 Å². The van der Waals surface area contributed by atoms with Gasteiger partial charge in [-0.15, -0.1) is 0 Å². The van der Waals surface area contributed by atoms with Crippen molar-refractivity contribution in [1.82, 2.24) is 0 Å². The lowest BCUT2D eigenvalue weighted by Crippen LogP contribution is -1.94. The molecule has 0 N–H and O–H groups in total. The average Bonchev–Trinajstić information content (AvgIpc) is 2.14. The fourth-order valence-electron chi connectivity index (χ4n) is 0.963. The van der Waals surface area contributed by atoms with Crippen LogP contribution < -0.4 is 0 Å². The summed E-state index contributed by atoms with van der Waals surface area (Å²) in [5.41, 5.74) is 0. The van der Waals surface area contributed by atoms with Crippen LogP contribution in [0.2, 0.25) is 0 Å². The number of hydrogen-bond acceptors (Lipinski definition) is 1. The molecule has 1 heteroatoms. The minimum atomic E-state index is 0.565. The Balaban J connectivity index is 2.52. The first-order valence-corrected chi connectivity index (χ1v) is 3.54. The van der Waals surface area contributed by atoms with Gasteiger partial charge in [-0.2, -0.15) is 0 Å². The standard InChI is InChI=1S/C8H14O/c1-6(2)8-4-7(3)5-9-8/h4,6-7H,5H2,1-3H3. The highest BCUT2D eigenvalue weighted by atomic mass is 16.5. The molecule has 0 saturated carbocycles. The van der Waals surface area contributed by atoms with E-state index in [1.54, 1.807) is 0 Å². The SMILES string of the molecule is CC1C=C(C(C)C)OC1. The number of allylic oxidation sites excluding steroid dienone is 1. The lowest BCUT2D eigenvalue weighted by molar-refractivity contribution is 0.199. The molecule has 1 unspecified atom stereocenters. The summed E-state index contributed by atoms with van der Waals surface area (Å²) >= 11 is 0. The topological polar surface area (TPSA) is 9.23 Å². The largest absolute Gasteiger partial charge is 0.497 e. The zero-order chi connectivity index (χ0) is 6.85. The van der Waals surface area contributed by atoms with Crippen molar-refractivity contribution < 1.29 is 4.74 Å². The molecule has 1 rings (SSSR count). The molecule has 0 aromatic heterocycles. The van der Waals surface area contributed by atoms with E-state index in [0.717, 1.165) is 6.61 Å². The molecule has 9 heavy (non-hydrogen) atoms. The second-order valence-electron chi connectivity index (χ2n) is 3.01. The Labute approximate surface area is 56.7 Å². The molecule has 0 saturated heterocycles. The number of ether oxygens (including phenoxy) is 1. The normalized spacial score (nSPS) is 26.2. The van der Waals surface area contributed by atoms with Gasteiger partial charge in [0.15, 0.2) is 0 Å². The third-order valence-corrected chi connectivity index (χ3v) is 1.53. The maximum atomic E-state index is 5.39. The monoisotopic (exact) mass is 126 g/mol. The van der Waals surface area contributed by atoms with Gasteiger partial charge in [0.2, 0.25) is 0 Å². The van der Waals surface area contributed by atoms with Crippen LogP contribution in [-0.4, -0.2) is 6.61 Å². The van der Waals surface area contributed by atoms with E-state index >= 15 is 0 Å². The van der Waals surface area contributed by atoms with E-state index in [1.807, 2.05) is 0 Å². The fraction of sp³-hybridized carbons (Fsp3) is 0.750. The zero-order valence-electron chi connectivity index (χ0n) is 6.35. The van der Waals surface area contributed by atoms with E-state index < -0.39 is 0 Å². The first-order chi connectivity index (χ1) is 4.20. The molecule has 0 fully saturated rings. The molecule has 1 atom stereocenters. The Kier molecular flexibility index (Phi) is 1.79. The van der Waals surface area contributed by atoms with Gasteiger partial charge in [0.1, 0.15) is 0 Å². The van der Waals surface area contributed by atoms with Gasteiger partial charge in [-0.1, -0.05) is 20.8 Å². The summed E-state index contributed by atoms with van der Waals surface area (Å²) in [6.07, 6.45) is 2.21. The fourth-order valence-corrected chi connectivity index (χ4v) is 0.963. The molecule has 0 aromatic rings. The predicted molar refractivity (Wildman–Crippen MR) is 38.0 cm³/mol. The van der Waals surface area contributed by atoms with Crippen LogP contribution in [-0.2, 0) is 4.74 Å². The molecule has 1 aliphatic rings. The van der Waals surface area contributed by atoms with E-state index in [-0.39, 0.29) is 0 Å². The first kappa shape index (κ1) is 6.66. The average molecular weight is 126 g/mol. The first-order valence-electron chi connectivity index (χ1n) is 3.54. The molecule has 0 bridgehead atoms. The predicted octanol–water partition coefficient (Wildman–Crippen LogP) is 2.19. The molecule has 0 radical (unpaired) electrons. The quantitative estimate of drug-likeness (QED) is 0.523. The van der Waals surface area contributed by atoms with E-state index in [1.165, 1.54) is 5.76 Å². The van der Waals surface area contributed by atoms with Gasteiger partial charge in [-0.25, -0.2) is 0 Å². The minimum Gasteiger partial charge on any atom is -0.497 e. The Bertz CT molecular complexity index is 125. The Morgan fingerprint density at radius 3 is 2.56 bits per heavy atom. The van der Waals surface area contributed by atoms with E-state index in [2.05, 4.69) is 26.8 Å². The van der Waals surface area contributed by atoms with Crippen molar-refractivity contribution in [3.63, 3.8) is 0 Å². The molecular formula is C8H14O. The van der Waals surface area contributed by atoms with Gasteiger partial charge in [0.05, 0.1) is 12.4 Å². The van der Waals surface area contributed by atoms with Crippen molar-refractivity contribution in [2.45, 2.75) is 20.8 Å². The van der Waals surface area contributed by atoms with Crippen LogP contribution in [0.15, 0.2) is 11.8 Å². The van der Waals surface area contributed by atoms with Crippen molar-refractivity contribution in [3.05, 3.63) is 11.8 Å². The van der Waals surface area contributed by atoms with Gasteiger partial charge >= 0.3 is 0 Å². The Hall–Kier alpha value is -0.460.